The first-order chi connectivity index (χ1) is 14.3. The standard InChI is InChI=1S/C22H32N6O/c29-22(25-21-24-17-28(26-21)20-9-5-2-6-10-20)23-15-19-12-14-27(16-19)13-11-18-7-3-1-4-8-18/h1,3-4,7-8,17,19-20H,2,5-6,9-16H2,(H2,23,25,26,29). The van der Waals surface area contributed by atoms with Crippen LogP contribution < -0.4 is 10.6 Å². The van der Waals surface area contributed by atoms with E-state index in [1.807, 2.05) is 4.68 Å². The van der Waals surface area contributed by atoms with Crippen molar-refractivity contribution in [3.05, 3.63) is 42.2 Å². The molecule has 29 heavy (non-hydrogen) atoms. The van der Waals surface area contributed by atoms with Gasteiger partial charge in [-0.1, -0.05) is 49.6 Å². The highest BCUT2D eigenvalue weighted by molar-refractivity contribution is 5.87. The minimum atomic E-state index is -0.214. The van der Waals surface area contributed by atoms with E-state index >= 15 is 0 Å². The first-order valence-corrected chi connectivity index (χ1v) is 11.0. The molecule has 1 aliphatic heterocycles. The van der Waals surface area contributed by atoms with Crippen LogP contribution in [0.15, 0.2) is 36.7 Å². The Bertz CT molecular complexity index is 771. The van der Waals surface area contributed by atoms with Crippen molar-refractivity contribution in [2.45, 2.75) is 51.0 Å². The lowest BCUT2D eigenvalue weighted by atomic mass is 9.96. The Hall–Kier alpha value is -2.41. The van der Waals surface area contributed by atoms with Crippen LogP contribution in [0.1, 0.15) is 50.1 Å². The normalized spacial score (nSPS) is 20.6. The zero-order valence-corrected chi connectivity index (χ0v) is 17.1. The summed E-state index contributed by atoms with van der Waals surface area (Å²) in [6.45, 7) is 3.92. The molecule has 2 N–H and O–H groups in total. The van der Waals surface area contributed by atoms with Crippen LogP contribution in [0.4, 0.5) is 10.7 Å². The maximum absolute atomic E-state index is 12.2. The molecule has 7 heteroatoms. The molecule has 2 aromatic rings. The summed E-state index contributed by atoms with van der Waals surface area (Å²) < 4.78 is 1.91. The van der Waals surface area contributed by atoms with Gasteiger partial charge < -0.3 is 10.2 Å². The number of urea groups is 1. The first-order valence-electron chi connectivity index (χ1n) is 11.0. The number of likely N-dealkylation sites (tertiary alicyclic amines) is 1. The topological polar surface area (TPSA) is 75.1 Å². The van der Waals surface area contributed by atoms with E-state index < -0.39 is 0 Å². The van der Waals surface area contributed by atoms with Crippen LogP contribution in [-0.4, -0.2) is 51.9 Å². The Balaban J connectivity index is 1.15. The van der Waals surface area contributed by atoms with Gasteiger partial charge in [0.05, 0.1) is 6.04 Å². The van der Waals surface area contributed by atoms with Crippen LogP contribution in [0.2, 0.25) is 0 Å². The van der Waals surface area contributed by atoms with E-state index in [0.29, 0.717) is 24.5 Å². The van der Waals surface area contributed by atoms with Gasteiger partial charge in [0.1, 0.15) is 6.33 Å². The Morgan fingerprint density at radius 3 is 2.76 bits per heavy atom. The van der Waals surface area contributed by atoms with E-state index in [4.69, 9.17) is 0 Å². The summed E-state index contributed by atoms with van der Waals surface area (Å²) in [5.41, 5.74) is 1.38. The molecule has 1 saturated heterocycles. The molecule has 1 aromatic carbocycles. The zero-order valence-electron chi connectivity index (χ0n) is 17.1. The lowest BCUT2D eigenvalue weighted by Crippen LogP contribution is -2.34. The Morgan fingerprint density at radius 2 is 1.93 bits per heavy atom. The first kappa shape index (κ1) is 19.9. The molecule has 7 nitrogen and oxygen atoms in total. The fraction of sp³-hybridized carbons (Fsp3) is 0.591. The van der Waals surface area contributed by atoms with Crippen molar-refractivity contribution in [2.24, 2.45) is 5.92 Å². The number of rotatable bonds is 7. The Kier molecular flexibility index (Phi) is 6.77. The van der Waals surface area contributed by atoms with Crippen molar-refractivity contribution in [1.82, 2.24) is 25.0 Å². The van der Waals surface area contributed by atoms with Gasteiger partial charge in [0.15, 0.2) is 0 Å². The number of hydrogen-bond acceptors (Lipinski definition) is 4. The molecule has 0 radical (unpaired) electrons. The number of nitrogens with one attached hydrogen (secondary N) is 2. The van der Waals surface area contributed by atoms with Gasteiger partial charge in [-0.3, -0.25) is 5.32 Å². The number of carbonyl (C=O) groups is 1. The summed E-state index contributed by atoms with van der Waals surface area (Å²) in [5.74, 6) is 0.897. The van der Waals surface area contributed by atoms with E-state index in [0.717, 1.165) is 45.3 Å². The third kappa shape index (κ3) is 5.79. The Morgan fingerprint density at radius 1 is 1.10 bits per heavy atom. The van der Waals surface area contributed by atoms with Crippen molar-refractivity contribution in [1.29, 1.82) is 0 Å². The second-order valence-electron chi connectivity index (χ2n) is 8.37. The smallest absolute Gasteiger partial charge is 0.321 e. The highest BCUT2D eigenvalue weighted by Gasteiger charge is 2.23. The molecule has 1 aromatic heterocycles. The fourth-order valence-electron chi connectivity index (χ4n) is 4.45. The van der Waals surface area contributed by atoms with Gasteiger partial charge in [0, 0.05) is 19.6 Å². The highest BCUT2D eigenvalue weighted by atomic mass is 16.2. The third-order valence-corrected chi connectivity index (χ3v) is 6.16. The van der Waals surface area contributed by atoms with Crippen LogP contribution in [-0.2, 0) is 6.42 Å². The number of hydrogen-bond donors (Lipinski definition) is 2. The van der Waals surface area contributed by atoms with E-state index in [2.05, 4.69) is 55.9 Å². The molecule has 156 valence electrons. The van der Waals surface area contributed by atoms with Crippen LogP contribution in [0.5, 0.6) is 0 Å². The van der Waals surface area contributed by atoms with Crippen LogP contribution in [0.25, 0.3) is 0 Å². The minimum absolute atomic E-state index is 0.214. The molecule has 0 spiro atoms. The maximum Gasteiger partial charge on any atom is 0.321 e. The predicted octanol–water partition coefficient (Wildman–Crippen LogP) is 3.47. The summed E-state index contributed by atoms with van der Waals surface area (Å²) in [6, 6.07) is 10.8. The summed E-state index contributed by atoms with van der Waals surface area (Å²) >= 11 is 0. The predicted molar refractivity (Wildman–Crippen MR) is 114 cm³/mol. The number of benzene rings is 1. The van der Waals surface area contributed by atoms with Gasteiger partial charge in [-0.25, -0.2) is 14.5 Å². The third-order valence-electron chi connectivity index (χ3n) is 6.16. The van der Waals surface area contributed by atoms with Crippen LogP contribution >= 0.6 is 0 Å². The van der Waals surface area contributed by atoms with Gasteiger partial charge in [0.2, 0.25) is 5.95 Å². The van der Waals surface area contributed by atoms with E-state index in [1.165, 1.54) is 24.8 Å². The van der Waals surface area contributed by atoms with Crippen molar-refractivity contribution in [3.8, 4) is 0 Å². The summed E-state index contributed by atoms with van der Waals surface area (Å²) in [6.07, 6.45) is 10.1. The summed E-state index contributed by atoms with van der Waals surface area (Å²) in [4.78, 5) is 19.0. The van der Waals surface area contributed by atoms with Crippen LogP contribution in [0, 0.1) is 5.92 Å². The highest BCUT2D eigenvalue weighted by Crippen LogP contribution is 2.27. The second kappa shape index (κ2) is 9.87. The van der Waals surface area contributed by atoms with Gasteiger partial charge in [-0.15, -0.1) is 5.10 Å². The molecule has 2 heterocycles. The largest absolute Gasteiger partial charge is 0.337 e. The molecule has 2 amide bonds. The van der Waals surface area contributed by atoms with E-state index in [1.54, 1.807) is 6.33 Å². The van der Waals surface area contributed by atoms with Crippen molar-refractivity contribution in [2.75, 3.05) is 31.5 Å². The molecule has 1 saturated carbocycles. The lowest BCUT2D eigenvalue weighted by molar-refractivity contribution is 0.249. The second-order valence-corrected chi connectivity index (χ2v) is 8.37. The monoisotopic (exact) mass is 396 g/mol. The fourth-order valence-corrected chi connectivity index (χ4v) is 4.45. The lowest BCUT2D eigenvalue weighted by Gasteiger charge is -2.21. The molecule has 1 aliphatic carbocycles. The minimum Gasteiger partial charge on any atom is -0.337 e. The molecule has 0 bridgehead atoms. The van der Waals surface area contributed by atoms with Gasteiger partial charge >= 0.3 is 6.03 Å². The van der Waals surface area contributed by atoms with Gasteiger partial charge in [-0.2, -0.15) is 0 Å². The number of aromatic nitrogens is 3. The molecule has 1 atom stereocenters. The average Bonchev–Trinajstić information content (AvgIpc) is 3.42. The molecular weight excluding hydrogens is 364 g/mol. The van der Waals surface area contributed by atoms with E-state index in [-0.39, 0.29) is 6.03 Å². The number of anilines is 1. The van der Waals surface area contributed by atoms with E-state index in [9.17, 15) is 4.79 Å². The molecule has 2 fully saturated rings. The number of amides is 2. The zero-order chi connectivity index (χ0) is 19.9. The van der Waals surface area contributed by atoms with Gasteiger partial charge in [0.25, 0.3) is 0 Å². The quantitative estimate of drug-likeness (QED) is 0.751. The summed E-state index contributed by atoms with van der Waals surface area (Å²) in [7, 11) is 0. The Labute approximate surface area is 172 Å². The summed E-state index contributed by atoms with van der Waals surface area (Å²) in [5, 5.41) is 10.2. The van der Waals surface area contributed by atoms with Crippen molar-refractivity contribution < 1.29 is 4.79 Å². The molecule has 1 unspecified atom stereocenters. The molecular formula is C22H32N6O. The molecule has 2 aliphatic rings. The van der Waals surface area contributed by atoms with Gasteiger partial charge in [-0.05, 0) is 43.7 Å². The number of nitrogens with zero attached hydrogens (tertiary/aromatic N) is 4. The SMILES string of the molecule is O=C(NCC1CCN(CCc2ccccc2)C1)Nc1ncn(C2CCCCC2)n1. The van der Waals surface area contributed by atoms with Crippen molar-refractivity contribution in [3.63, 3.8) is 0 Å². The maximum atomic E-state index is 12.2. The van der Waals surface area contributed by atoms with Crippen molar-refractivity contribution >= 4 is 12.0 Å². The number of carbonyl (C=O) groups excluding carboxylic acids is 1. The van der Waals surface area contributed by atoms with Crippen LogP contribution in [0.3, 0.4) is 0 Å². The average molecular weight is 397 g/mol. The molecule has 4 rings (SSSR count).